The molecule has 0 aliphatic heterocycles. The van der Waals surface area contributed by atoms with Gasteiger partial charge in [0, 0.05) is 18.8 Å². The van der Waals surface area contributed by atoms with Crippen molar-refractivity contribution in [2.45, 2.75) is 32.2 Å². The van der Waals surface area contributed by atoms with Crippen molar-refractivity contribution in [2.24, 2.45) is 0 Å². The molecule has 1 N–H and O–H groups in total. The molecule has 0 aliphatic carbocycles. The van der Waals surface area contributed by atoms with Gasteiger partial charge in [0.1, 0.15) is 5.54 Å². The summed E-state index contributed by atoms with van der Waals surface area (Å²) in [4.78, 5) is 14.2. The van der Waals surface area contributed by atoms with Gasteiger partial charge in [0.15, 0.2) is 0 Å². The number of carbonyl (C=O) groups excluding carboxylic acids is 1. The lowest BCUT2D eigenvalue weighted by Gasteiger charge is -2.34. The van der Waals surface area contributed by atoms with E-state index in [1.165, 1.54) is 7.11 Å². The SMILES string of the molecule is CCCCN(CC(C)(NC)C(=O)OC)c1ccccc1. The Kier molecular flexibility index (Phi) is 6.52. The highest BCUT2D eigenvalue weighted by atomic mass is 16.5. The van der Waals surface area contributed by atoms with Crippen molar-refractivity contribution < 1.29 is 9.53 Å². The molecule has 0 saturated carbocycles. The maximum absolute atomic E-state index is 12.0. The van der Waals surface area contributed by atoms with Gasteiger partial charge >= 0.3 is 5.97 Å². The highest BCUT2D eigenvalue weighted by molar-refractivity contribution is 5.81. The van der Waals surface area contributed by atoms with Crippen molar-refractivity contribution >= 4 is 11.7 Å². The van der Waals surface area contributed by atoms with Gasteiger partial charge in [-0.25, -0.2) is 4.79 Å². The number of likely N-dealkylation sites (N-methyl/N-ethyl adjacent to an activating group) is 1. The molecule has 1 atom stereocenters. The van der Waals surface area contributed by atoms with E-state index in [9.17, 15) is 4.79 Å². The number of ether oxygens (including phenoxy) is 1. The van der Waals surface area contributed by atoms with Crippen LogP contribution in [0.3, 0.4) is 0 Å². The fraction of sp³-hybridized carbons (Fsp3) is 0.562. The van der Waals surface area contributed by atoms with Crippen molar-refractivity contribution in [3.8, 4) is 0 Å². The number of nitrogens with zero attached hydrogens (tertiary/aromatic N) is 1. The quantitative estimate of drug-likeness (QED) is 0.742. The van der Waals surface area contributed by atoms with Gasteiger partial charge in [0.2, 0.25) is 0 Å². The van der Waals surface area contributed by atoms with Crippen molar-refractivity contribution in [1.29, 1.82) is 0 Å². The molecular weight excluding hydrogens is 252 g/mol. The van der Waals surface area contributed by atoms with E-state index in [4.69, 9.17) is 4.74 Å². The van der Waals surface area contributed by atoms with Crippen LogP contribution in [0.25, 0.3) is 0 Å². The minimum absolute atomic E-state index is 0.238. The zero-order valence-electron chi connectivity index (χ0n) is 13.0. The van der Waals surface area contributed by atoms with Gasteiger partial charge in [0.25, 0.3) is 0 Å². The van der Waals surface area contributed by atoms with Gasteiger partial charge in [-0.2, -0.15) is 0 Å². The second kappa shape index (κ2) is 7.90. The first-order valence-electron chi connectivity index (χ1n) is 7.14. The first kappa shape index (κ1) is 16.5. The highest BCUT2D eigenvalue weighted by Gasteiger charge is 2.34. The predicted octanol–water partition coefficient (Wildman–Crippen LogP) is 2.44. The van der Waals surface area contributed by atoms with Crippen molar-refractivity contribution in [3.63, 3.8) is 0 Å². The van der Waals surface area contributed by atoms with Crippen LogP contribution in [0.4, 0.5) is 5.69 Å². The third-order valence-electron chi connectivity index (χ3n) is 3.60. The van der Waals surface area contributed by atoms with E-state index in [0.717, 1.165) is 25.1 Å². The van der Waals surface area contributed by atoms with Crippen LogP contribution < -0.4 is 10.2 Å². The molecule has 0 aliphatic rings. The molecule has 4 heteroatoms. The Morgan fingerprint density at radius 3 is 2.50 bits per heavy atom. The van der Waals surface area contributed by atoms with Crippen LogP contribution in [-0.4, -0.2) is 38.8 Å². The summed E-state index contributed by atoms with van der Waals surface area (Å²) in [5, 5.41) is 3.09. The molecule has 1 rings (SSSR count). The molecule has 0 fully saturated rings. The second-order valence-corrected chi connectivity index (χ2v) is 5.18. The van der Waals surface area contributed by atoms with Crippen LogP contribution in [-0.2, 0) is 9.53 Å². The van der Waals surface area contributed by atoms with Crippen molar-refractivity contribution in [3.05, 3.63) is 30.3 Å². The molecule has 20 heavy (non-hydrogen) atoms. The average molecular weight is 278 g/mol. The van der Waals surface area contributed by atoms with Gasteiger partial charge in [-0.05, 0) is 32.5 Å². The van der Waals surface area contributed by atoms with E-state index in [0.29, 0.717) is 6.54 Å². The van der Waals surface area contributed by atoms with Crippen LogP contribution in [0.15, 0.2) is 30.3 Å². The maximum atomic E-state index is 12.0. The molecular formula is C16H26N2O2. The number of methoxy groups -OCH3 is 1. The molecule has 1 unspecified atom stereocenters. The number of hydrogen-bond acceptors (Lipinski definition) is 4. The van der Waals surface area contributed by atoms with E-state index < -0.39 is 5.54 Å². The van der Waals surface area contributed by atoms with Gasteiger partial charge in [-0.15, -0.1) is 0 Å². The maximum Gasteiger partial charge on any atom is 0.327 e. The third-order valence-corrected chi connectivity index (χ3v) is 3.60. The van der Waals surface area contributed by atoms with E-state index in [1.807, 2.05) is 25.1 Å². The summed E-state index contributed by atoms with van der Waals surface area (Å²) in [7, 11) is 3.22. The molecule has 1 aromatic rings. The smallest absolute Gasteiger partial charge is 0.327 e. The van der Waals surface area contributed by atoms with Gasteiger partial charge in [0.05, 0.1) is 7.11 Å². The topological polar surface area (TPSA) is 41.6 Å². The molecule has 0 amide bonds. The van der Waals surface area contributed by atoms with Crippen LogP contribution in [0, 0.1) is 0 Å². The summed E-state index contributed by atoms with van der Waals surface area (Å²) in [5.74, 6) is -0.238. The Hall–Kier alpha value is -1.55. The number of nitrogens with one attached hydrogen (secondary N) is 1. The Bertz CT molecular complexity index is 408. The van der Waals surface area contributed by atoms with Crippen LogP contribution in [0.1, 0.15) is 26.7 Å². The molecule has 0 radical (unpaired) electrons. The van der Waals surface area contributed by atoms with Crippen LogP contribution in [0.2, 0.25) is 0 Å². The number of para-hydroxylation sites is 1. The summed E-state index contributed by atoms with van der Waals surface area (Å²) in [6.07, 6.45) is 2.22. The molecule has 0 aromatic heterocycles. The summed E-state index contributed by atoms with van der Waals surface area (Å²) in [6, 6.07) is 10.2. The zero-order chi connectivity index (χ0) is 15.0. The second-order valence-electron chi connectivity index (χ2n) is 5.18. The molecule has 112 valence electrons. The first-order valence-corrected chi connectivity index (χ1v) is 7.14. The lowest BCUT2D eigenvalue weighted by molar-refractivity contribution is -0.147. The summed E-state index contributed by atoms with van der Waals surface area (Å²) in [6.45, 7) is 5.55. The first-order chi connectivity index (χ1) is 9.57. The molecule has 0 saturated heterocycles. The fourth-order valence-corrected chi connectivity index (χ4v) is 2.14. The molecule has 0 bridgehead atoms. The predicted molar refractivity (Wildman–Crippen MR) is 83.0 cm³/mol. The lowest BCUT2D eigenvalue weighted by Crippen LogP contribution is -2.56. The molecule has 4 nitrogen and oxygen atoms in total. The Morgan fingerprint density at radius 2 is 2.00 bits per heavy atom. The van der Waals surface area contributed by atoms with Crippen molar-refractivity contribution in [2.75, 3.05) is 32.1 Å². The number of benzene rings is 1. The van der Waals surface area contributed by atoms with E-state index in [1.54, 1.807) is 7.05 Å². The largest absolute Gasteiger partial charge is 0.468 e. The van der Waals surface area contributed by atoms with Crippen LogP contribution >= 0.6 is 0 Å². The minimum Gasteiger partial charge on any atom is -0.468 e. The fourth-order valence-electron chi connectivity index (χ4n) is 2.14. The molecule has 0 heterocycles. The van der Waals surface area contributed by atoms with Gasteiger partial charge in [-0.1, -0.05) is 31.5 Å². The normalized spacial score (nSPS) is 13.6. The number of carbonyl (C=O) groups is 1. The van der Waals surface area contributed by atoms with E-state index >= 15 is 0 Å². The van der Waals surface area contributed by atoms with Crippen LogP contribution in [0.5, 0.6) is 0 Å². The molecule has 0 spiro atoms. The highest BCUT2D eigenvalue weighted by Crippen LogP contribution is 2.18. The Morgan fingerprint density at radius 1 is 1.35 bits per heavy atom. The number of esters is 1. The molecule has 1 aromatic carbocycles. The number of anilines is 1. The number of hydrogen-bond donors (Lipinski definition) is 1. The number of rotatable bonds is 8. The average Bonchev–Trinajstić information content (AvgIpc) is 2.51. The van der Waals surface area contributed by atoms with E-state index in [-0.39, 0.29) is 5.97 Å². The van der Waals surface area contributed by atoms with Gasteiger partial charge in [-0.3, -0.25) is 0 Å². The lowest BCUT2D eigenvalue weighted by atomic mass is 10.0. The standard InChI is InChI=1S/C16H26N2O2/c1-5-6-12-18(14-10-8-7-9-11-14)13-16(2,17-3)15(19)20-4/h7-11,17H,5-6,12-13H2,1-4H3. The third kappa shape index (κ3) is 4.23. The van der Waals surface area contributed by atoms with E-state index in [2.05, 4.69) is 29.3 Å². The number of unbranched alkanes of at least 4 members (excludes halogenated alkanes) is 1. The zero-order valence-corrected chi connectivity index (χ0v) is 13.0. The Balaban J connectivity index is 2.91. The van der Waals surface area contributed by atoms with Gasteiger partial charge < -0.3 is 15.0 Å². The summed E-state index contributed by atoms with van der Waals surface area (Å²) < 4.78 is 4.92. The summed E-state index contributed by atoms with van der Waals surface area (Å²) >= 11 is 0. The summed E-state index contributed by atoms with van der Waals surface area (Å²) in [5.41, 5.74) is 0.421. The van der Waals surface area contributed by atoms with Crippen molar-refractivity contribution in [1.82, 2.24) is 5.32 Å². The minimum atomic E-state index is -0.710. The Labute approximate surface area is 122 Å². The monoisotopic (exact) mass is 278 g/mol.